The molecule has 0 spiro atoms. The number of nitrogens with two attached hydrogens (primary N) is 1. The molecular weight excluding hydrogens is 212 g/mol. The van der Waals surface area contributed by atoms with Gasteiger partial charge in [-0.2, -0.15) is 0 Å². The van der Waals surface area contributed by atoms with Gasteiger partial charge in [0.15, 0.2) is 0 Å². The summed E-state index contributed by atoms with van der Waals surface area (Å²) in [5.41, 5.74) is 7.12. The second kappa shape index (κ2) is 5.52. The lowest BCUT2D eigenvalue weighted by atomic mass is 9.91. The van der Waals surface area contributed by atoms with E-state index in [2.05, 4.69) is 17.9 Å². The molecule has 1 aliphatic heterocycles. The molecule has 1 aromatic rings. The zero-order valence-corrected chi connectivity index (χ0v) is 10.5. The van der Waals surface area contributed by atoms with Crippen molar-refractivity contribution in [2.45, 2.75) is 32.4 Å². The molecule has 1 fully saturated rings. The topological polar surface area (TPSA) is 49.5 Å². The average Bonchev–Trinajstić information content (AvgIpc) is 2.29. The van der Waals surface area contributed by atoms with Crippen molar-refractivity contribution in [2.24, 2.45) is 11.7 Å². The highest BCUT2D eigenvalue weighted by atomic mass is 16.3. The zero-order valence-electron chi connectivity index (χ0n) is 10.5. The Morgan fingerprint density at radius 2 is 2.12 bits per heavy atom. The van der Waals surface area contributed by atoms with Crippen LogP contribution in [0.1, 0.15) is 25.3 Å². The number of aromatic hydroxyl groups is 1. The van der Waals surface area contributed by atoms with Gasteiger partial charge in [0.05, 0.1) is 0 Å². The van der Waals surface area contributed by atoms with E-state index < -0.39 is 0 Å². The summed E-state index contributed by atoms with van der Waals surface area (Å²) in [7, 11) is 0. The van der Waals surface area contributed by atoms with E-state index in [1.165, 1.54) is 18.4 Å². The van der Waals surface area contributed by atoms with Crippen molar-refractivity contribution in [1.29, 1.82) is 0 Å². The maximum absolute atomic E-state index is 9.42. The van der Waals surface area contributed by atoms with Crippen LogP contribution in [-0.2, 0) is 6.54 Å². The number of hydrogen-bond donors (Lipinski definition) is 2. The summed E-state index contributed by atoms with van der Waals surface area (Å²) in [5, 5.41) is 9.42. The van der Waals surface area contributed by atoms with Crippen molar-refractivity contribution in [2.75, 3.05) is 13.1 Å². The Morgan fingerprint density at radius 3 is 2.71 bits per heavy atom. The molecule has 0 aliphatic carbocycles. The van der Waals surface area contributed by atoms with Crippen LogP contribution in [0.3, 0.4) is 0 Å². The second-order valence-corrected chi connectivity index (χ2v) is 5.14. The third-order valence-corrected chi connectivity index (χ3v) is 3.69. The van der Waals surface area contributed by atoms with E-state index in [0.29, 0.717) is 17.7 Å². The fraction of sp³-hybridized carbons (Fsp3) is 0.571. The van der Waals surface area contributed by atoms with Crippen LogP contribution in [0.2, 0.25) is 0 Å². The Morgan fingerprint density at radius 1 is 1.41 bits per heavy atom. The molecule has 1 unspecified atom stereocenters. The standard InChI is InChI=1S/C14H22N2O/c1-11(15)13-5-7-16(8-6-13)10-12-3-2-4-14(17)9-12/h2-4,9,11,13,17H,5-8,10,15H2,1H3. The van der Waals surface area contributed by atoms with Gasteiger partial charge < -0.3 is 10.8 Å². The first-order valence-corrected chi connectivity index (χ1v) is 6.41. The molecule has 1 aromatic carbocycles. The smallest absolute Gasteiger partial charge is 0.115 e. The number of phenols is 1. The highest BCUT2D eigenvalue weighted by molar-refractivity contribution is 5.27. The maximum Gasteiger partial charge on any atom is 0.115 e. The number of hydrogen-bond acceptors (Lipinski definition) is 3. The molecular formula is C14H22N2O. The minimum absolute atomic E-state index is 0.318. The van der Waals surface area contributed by atoms with Gasteiger partial charge in [-0.05, 0) is 56.5 Å². The van der Waals surface area contributed by atoms with Gasteiger partial charge >= 0.3 is 0 Å². The lowest BCUT2D eigenvalue weighted by Crippen LogP contribution is -2.39. The fourth-order valence-corrected chi connectivity index (χ4v) is 2.55. The molecule has 0 saturated carbocycles. The van der Waals surface area contributed by atoms with E-state index in [9.17, 15) is 5.11 Å². The first kappa shape index (κ1) is 12.4. The predicted molar refractivity (Wildman–Crippen MR) is 69.8 cm³/mol. The van der Waals surface area contributed by atoms with Crippen molar-refractivity contribution in [1.82, 2.24) is 4.90 Å². The molecule has 17 heavy (non-hydrogen) atoms. The maximum atomic E-state index is 9.42. The summed E-state index contributed by atoms with van der Waals surface area (Å²) in [6.07, 6.45) is 2.38. The van der Waals surface area contributed by atoms with Gasteiger partial charge in [0.1, 0.15) is 5.75 Å². The van der Waals surface area contributed by atoms with Crippen molar-refractivity contribution < 1.29 is 5.11 Å². The Kier molecular flexibility index (Phi) is 4.02. The van der Waals surface area contributed by atoms with Gasteiger partial charge in [-0.15, -0.1) is 0 Å². The quantitative estimate of drug-likeness (QED) is 0.840. The molecule has 2 rings (SSSR count). The van der Waals surface area contributed by atoms with Crippen molar-refractivity contribution in [3.63, 3.8) is 0 Å². The van der Waals surface area contributed by atoms with Crippen molar-refractivity contribution in [3.8, 4) is 5.75 Å². The Hall–Kier alpha value is -1.06. The molecule has 0 aromatic heterocycles. The molecule has 0 bridgehead atoms. The number of rotatable bonds is 3. The van der Waals surface area contributed by atoms with Gasteiger partial charge in [0.2, 0.25) is 0 Å². The number of nitrogens with zero attached hydrogens (tertiary/aromatic N) is 1. The Labute approximate surface area is 103 Å². The molecule has 1 aliphatic rings. The summed E-state index contributed by atoms with van der Waals surface area (Å²) in [6.45, 7) is 5.26. The predicted octanol–water partition coefficient (Wildman–Crippen LogP) is 1.95. The molecule has 3 heteroatoms. The van der Waals surface area contributed by atoms with Crippen LogP contribution in [0.5, 0.6) is 5.75 Å². The Bertz CT molecular complexity index is 357. The molecule has 3 nitrogen and oxygen atoms in total. The fourth-order valence-electron chi connectivity index (χ4n) is 2.55. The lowest BCUT2D eigenvalue weighted by Gasteiger charge is -2.33. The van der Waals surface area contributed by atoms with E-state index in [1.54, 1.807) is 6.07 Å². The summed E-state index contributed by atoms with van der Waals surface area (Å²) in [6, 6.07) is 7.85. The summed E-state index contributed by atoms with van der Waals surface area (Å²) < 4.78 is 0. The zero-order chi connectivity index (χ0) is 12.3. The number of piperidine rings is 1. The number of likely N-dealkylation sites (tertiary alicyclic amines) is 1. The molecule has 94 valence electrons. The van der Waals surface area contributed by atoms with E-state index in [0.717, 1.165) is 19.6 Å². The Balaban J connectivity index is 1.86. The van der Waals surface area contributed by atoms with Crippen LogP contribution in [0.25, 0.3) is 0 Å². The normalized spacial score (nSPS) is 20.4. The van der Waals surface area contributed by atoms with Crippen molar-refractivity contribution in [3.05, 3.63) is 29.8 Å². The monoisotopic (exact) mass is 234 g/mol. The van der Waals surface area contributed by atoms with E-state index in [1.807, 2.05) is 12.1 Å². The van der Waals surface area contributed by atoms with E-state index in [4.69, 9.17) is 5.73 Å². The second-order valence-electron chi connectivity index (χ2n) is 5.14. The van der Waals surface area contributed by atoms with Gasteiger partial charge in [-0.1, -0.05) is 12.1 Å². The van der Waals surface area contributed by atoms with Gasteiger partial charge in [-0.25, -0.2) is 0 Å². The first-order valence-electron chi connectivity index (χ1n) is 6.41. The minimum atomic E-state index is 0.318. The third-order valence-electron chi connectivity index (χ3n) is 3.69. The highest BCUT2D eigenvalue weighted by Crippen LogP contribution is 2.21. The molecule has 3 N–H and O–H groups in total. The van der Waals surface area contributed by atoms with E-state index in [-0.39, 0.29) is 0 Å². The van der Waals surface area contributed by atoms with Crippen molar-refractivity contribution >= 4 is 0 Å². The van der Waals surface area contributed by atoms with Crippen LogP contribution >= 0.6 is 0 Å². The third kappa shape index (κ3) is 3.45. The molecule has 1 heterocycles. The average molecular weight is 234 g/mol. The van der Waals surface area contributed by atoms with Crippen LogP contribution < -0.4 is 5.73 Å². The van der Waals surface area contributed by atoms with Gasteiger partial charge in [0.25, 0.3) is 0 Å². The van der Waals surface area contributed by atoms with E-state index >= 15 is 0 Å². The van der Waals surface area contributed by atoms with Gasteiger partial charge in [0, 0.05) is 12.6 Å². The van der Waals surface area contributed by atoms with Crippen LogP contribution in [0.4, 0.5) is 0 Å². The first-order chi connectivity index (χ1) is 8.15. The molecule has 1 atom stereocenters. The van der Waals surface area contributed by atoms with Crippen LogP contribution in [0.15, 0.2) is 24.3 Å². The largest absolute Gasteiger partial charge is 0.508 e. The lowest BCUT2D eigenvalue weighted by molar-refractivity contribution is 0.165. The molecule has 0 radical (unpaired) electrons. The number of phenolic OH excluding ortho intramolecular Hbond substituents is 1. The highest BCUT2D eigenvalue weighted by Gasteiger charge is 2.21. The van der Waals surface area contributed by atoms with Crippen LogP contribution in [-0.4, -0.2) is 29.1 Å². The van der Waals surface area contributed by atoms with Crippen LogP contribution in [0, 0.1) is 5.92 Å². The molecule has 0 amide bonds. The molecule has 1 saturated heterocycles. The summed E-state index contributed by atoms with van der Waals surface area (Å²) in [5.74, 6) is 1.03. The minimum Gasteiger partial charge on any atom is -0.508 e. The number of benzene rings is 1. The summed E-state index contributed by atoms with van der Waals surface area (Å²) in [4.78, 5) is 2.44. The SMILES string of the molecule is CC(N)C1CCN(Cc2cccc(O)c2)CC1. The summed E-state index contributed by atoms with van der Waals surface area (Å²) >= 11 is 0. The van der Waals surface area contributed by atoms with Gasteiger partial charge in [-0.3, -0.25) is 4.90 Å².